The first-order valence-electron chi connectivity index (χ1n) is 50.5. The van der Waals surface area contributed by atoms with Crippen LogP contribution in [0.5, 0.6) is 0 Å². The van der Waals surface area contributed by atoms with Gasteiger partial charge in [0.05, 0.1) is 150 Å². The lowest BCUT2D eigenvalue weighted by atomic mass is 9.88. The van der Waals surface area contributed by atoms with E-state index < -0.39 is 0 Å². The van der Waals surface area contributed by atoms with Crippen molar-refractivity contribution in [1.82, 2.24) is 0 Å². The zero-order chi connectivity index (χ0) is 82.8. The lowest BCUT2D eigenvalue weighted by Crippen LogP contribution is -3.17. The van der Waals surface area contributed by atoms with Crippen LogP contribution in [0.1, 0.15) is 332 Å². The number of benzene rings is 2. The van der Waals surface area contributed by atoms with Gasteiger partial charge < -0.3 is 157 Å². The lowest BCUT2D eigenvalue weighted by Gasteiger charge is -2.35. The highest BCUT2D eigenvalue weighted by Crippen LogP contribution is 2.25. The van der Waals surface area contributed by atoms with Crippen LogP contribution >= 0.6 is 0 Å². The molecule has 0 radical (unpaired) electrons. The number of hydrogen-bond acceptors (Lipinski definition) is 0. The van der Waals surface area contributed by atoms with Crippen molar-refractivity contribution >= 4 is 0 Å². The molecule has 9 nitrogen and oxygen atoms in total. The summed E-state index contributed by atoms with van der Waals surface area (Å²) in [5.41, 5.74) is 2.98. The fraction of sp³-hybridized carbons (Fsp3) is 0.883. The molecule has 0 spiro atoms. The number of rotatable bonds is 27. The first-order chi connectivity index (χ1) is 54.0. The zero-order valence-corrected chi connectivity index (χ0v) is 90.7. The van der Waals surface area contributed by atoms with Crippen molar-refractivity contribution < 1.29 is 157 Å². The topological polar surface area (TPSA) is 64.3 Å². The van der Waals surface area contributed by atoms with Gasteiger partial charge in [-0.05, 0) is 163 Å². The maximum Gasteiger partial charge on any atom is 0.103 e. The Hall–Kier alpha value is 0.690. The Kier molecular flexibility index (Phi) is 90.7. The van der Waals surface area contributed by atoms with E-state index in [2.05, 4.69) is 244 Å². The molecule has 9 fully saturated rings. The van der Waals surface area contributed by atoms with Crippen LogP contribution in [-0.4, -0.2) is 150 Å². The van der Waals surface area contributed by atoms with Crippen molar-refractivity contribution in [2.75, 3.05) is 137 Å². The molecular weight excluding hydrogens is 1680 g/mol. The molecule has 11 N–H and O–H groups in total. The van der Waals surface area contributed by atoms with Crippen LogP contribution in [0.2, 0.25) is 0 Å². The smallest absolute Gasteiger partial charge is 0.103 e. The van der Waals surface area contributed by atoms with Crippen molar-refractivity contribution in [2.45, 2.75) is 346 Å². The minimum Gasteiger partial charge on any atom is -1.00 e. The molecule has 2 aromatic carbocycles. The summed E-state index contributed by atoms with van der Waals surface area (Å²) in [4.78, 5) is 12.8. The second-order valence-electron chi connectivity index (χ2n) is 40.5. The van der Waals surface area contributed by atoms with Gasteiger partial charge in [0.25, 0.3) is 0 Å². The van der Waals surface area contributed by atoms with Crippen molar-refractivity contribution in [1.29, 1.82) is 0 Å². The van der Waals surface area contributed by atoms with E-state index in [9.17, 15) is 0 Å². The van der Waals surface area contributed by atoms with Crippen LogP contribution in [0.3, 0.4) is 0 Å². The van der Waals surface area contributed by atoms with E-state index in [-0.39, 0.29) is 112 Å². The number of piperidine rings is 5. The molecule has 0 aromatic heterocycles. The summed E-state index contributed by atoms with van der Waals surface area (Å²) in [5.74, 6) is 17.7. The van der Waals surface area contributed by atoms with Crippen molar-refractivity contribution in [3.8, 4) is 0 Å². The fourth-order valence-electron chi connectivity index (χ4n) is 22.8. The quantitative estimate of drug-likeness (QED) is 0.0428. The van der Waals surface area contributed by atoms with Crippen LogP contribution in [-0.2, 0) is 13.1 Å². The van der Waals surface area contributed by atoms with Crippen LogP contribution in [0, 0.1) is 107 Å². The molecule has 2 aromatic rings. The van der Waals surface area contributed by atoms with Gasteiger partial charge in [-0.1, -0.05) is 219 Å². The molecule has 728 valence electrons. The molecule has 0 amide bonds. The molecule has 0 bridgehead atoms. The Morgan fingerprint density at radius 1 is 0.256 bits per heavy atom. The predicted octanol–water partition coefficient (Wildman–Crippen LogP) is -13.9. The minimum absolute atomic E-state index is 0. The van der Waals surface area contributed by atoms with Crippen LogP contribution in [0.15, 0.2) is 60.7 Å². The van der Waals surface area contributed by atoms with E-state index in [0.29, 0.717) is 0 Å². The number of halogens is 9. The summed E-state index contributed by atoms with van der Waals surface area (Å²) in [5, 5.41) is 4.92. The molecule has 9 aliphatic heterocycles. The number of quaternary nitrogens is 9. The second kappa shape index (κ2) is 81.5. The van der Waals surface area contributed by atoms with Crippen molar-refractivity contribution in [3.63, 3.8) is 0 Å². The highest BCUT2D eigenvalue weighted by Gasteiger charge is 2.38. The number of hydrogen-bond donors (Lipinski definition) is 9. The van der Waals surface area contributed by atoms with Crippen LogP contribution in [0.25, 0.3) is 0 Å². The molecule has 22 unspecified atom stereocenters. The third kappa shape index (κ3) is 56.4. The molecular formula is C103H208Cl9N9. The molecule has 18 heteroatoms. The Morgan fingerprint density at radius 3 is 0.843 bits per heavy atom. The Balaban J connectivity index is -0.000000241. The van der Waals surface area contributed by atoms with Gasteiger partial charge in [-0.3, -0.25) is 0 Å². The molecule has 121 heavy (non-hydrogen) atoms. The number of likely N-dealkylation sites (tertiary alicyclic amines) is 7. The van der Waals surface area contributed by atoms with Crippen LogP contribution < -0.4 is 157 Å². The standard InChI is InChI=1S/2C15H23N.2C12H25N.3C11H23N.2C8H17N.9ClH/c1-3-14-9-13(2)10-16(11-14)12-15-7-5-4-6-8-15;1-3-14-11-16(12-15(14)4-2)10-13-8-6-5-7-9-13;1-4-6-7-13-9-11(3)8-12(5-2)10-13;1-4-7-8-13-9-11(5-2)12(6-3)10-13;1-5-11-6-10(4)7-12(8-11)9(2)3;1-5-10-7-12(9(3)4)8-11(10)6-2;1-4-6-12-8-10(3)7-11(5-2)9-12;1-3-8-4-7(2)5-9-6-8;1-3-7-5-9-6-8(7)4-2;;;;;;;;;/h4-8,13-14H,3,9-12H2,1-2H3;5-9,14-15H,3-4,10-12H2,1-2H3;2*11-12H,4-10H2,1-3H3;2*9-11H,5-8H2,1-4H3;10-11H,4-9H2,1-3H3;2*7-9H,3-6H2,1-2H3;9*1H. The zero-order valence-electron chi connectivity index (χ0n) is 83.9. The van der Waals surface area contributed by atoms with E-state index in [1.165, 1.54) is 309 Å². The van der Waals surface area contributed by atoms with Gasteiger partial charge in [0.2, 0.25) is 0 Å². The third-order valence-corrected chi connectivity index (χ3v) is 30.1. The first kappa shape index (κ1) is 135. The Morgan fingerprint density at radius 2 is 0.529 bits per heavy atom. The van der Waals surface area contributed by atoms with Gasteiger partial charge >= 0.3 is 0 Å². The van der Waals surface area contributed by atoms with E-state index in [0.717, 1.165) is 119 Å². The number of unbranched alkanes of at least 4 members (excludes halogenated alkanes) is 2. The maximum absolute atomic E-state index is 2.46. The van der Waals surface area contributed by atoms with E-state index in [4.69, 9.17) is 0 Å². The highest BCUT2D eigenvalue weighted by atomic mass is 35.5. The van der Waals surface area contributed by atoms with E-state index in [1.54, 1.807) is 9.80 Å². The third-order valence-electron chi connectivity index (χ3n) is 30.1. The molecule has 9 heterocycles. The maximum atomic E-state index is 2.46. The highest BCUT2D eigenvalue weighted by molar-refractivity contribution is 5.14. The van der Waals surface area contributed by atoms with Gasteiger partial charge in [-0.2, -0.15) is 0 Å². The monoisotopic (exact) mass is 1890 g/mol. The van der Waals surface area contributed by atoms with Crippen LogP contribution in [0.4, 0.5) is 0 Å². The molecule has 11 rings (SSSR count). The SMILES string of the molecule is CCC1CC(C)C[NH+](C(C)C)C1.CCC1CC(C)C[NH+](Cc2ccccc2)C1.CCC1C[NH+](C(C)C)CC1CC.CCC1C[NH+](Cc2ccccc2)CC1CC.CCC1C[NH2+]CC(C)C1.CCC1C[NH2+]CC1CC.CCCC[NH+]1CC(C)CC(CC)C1.CCCC[NH+]1CC(CC)C(CC)C1.CCC[NH+]1CC(C)CC(CC)C1.[Cl-].[Cl-].[Cl-].[Cl-].[Cl-].[Cl-].[Cl-].[Cl-].[Cl-]. The van der Waals surface area contributed by atoms with Gasteiger partial charge in [0.15, 0.2) is 0 Å². The Labute approximate surface area is 811 Å². The predicted molar refractivity (Wildman–Crippen MR) is 492 cm³/mol. The fourth-order valence-corrected chi connectivity index (χ4v) is 22.8. The van der Waals surface area contributed by atoms with Gasteiger partial charge in [-0.25, -0.2) is 0 Å². The number of nitrogens with one attached hydrogen (secondary N) is 7. The van der Waals surface area contributed by atoms with E-state index in [1.807, 2.05) is 24.5 Å². The summed E-state index contributed by atoms with van der Waals surface area (Å²) >= 11 is 0. The first-order valence-corrected chi connectivity index (χ1v) is 50.5. The molecule has 0 aliphatic carbocycles. The summed E-state index contributed by atoms with van der Waals surface area (Å²) in [6.45, 7) is 90.6. The van der Waals surface area contributed by atoms with Gasteiger partial charge in [-0.15, -0.1) is 0 Å². The average Bonchev–Trinajstić information content (AvgIpc) is 1.22. The minimum atomic E-state index is 0. The summed E-state index contributed by atoms with van der Waals surface area (Å²) in [7, 11) is 0. The van der Waals surface area contributed by atoms with Gasteiger partial charge in [0, 0.05) is 118 Å². The second-order valence-corrected chi connectivity index (χ2v) is 40.5. The normalized spacial score (nSPS) is 31.6. The van der Waals surface area contributed by atoms with E-state index >= 15 is 0 Å². The van der Waals surface area contributed by atoms with Crippen molar-refractivity contribution in [2.24, 2.45) is 107 Å². The summed E-state index contributed by atoms with van der Waals surface area (Å²) in [6.07, 6.45) is 32.1. The summed E-state index contributed by atoms with van der Waals surface area (Å²) < 4.78 is 0. The Bertz CT molecular complexity index is 2440. The molecule has 9 aliphatic rings. The number of nitrogens with two attached hydrogens (primary N) is 2. The molecule has 9 saturated heterocycles. The molecule has 0 saturated carbocycles. The average molecular weight is 1890 g/mol. The van der Waals surface area contributed by atoms with Crippen molar-refractivity contribution in [3.05, 3.63) is 71.8 Å². The molecule has 22 atom stereocenters. The summed E-state index contributed by atoms with van der Waals surface area (Å²) in [6, 6.07) is 23.5. The lowest BCUT2D eigenvalue weighted by molar-refractivity contribution is -0.933. The van der Waals surface area contributed by atoms with Gasteiger partial charge in [0.1, 0.15) is 13.1 Å². The largest absolute Gasteiger partial charge is 1.00 e.